The second-order valence-electron chi connectivity index (χ2n) is 3.53. The molecular formula is C12H12FN3. The molecule has 82 valence electrons. The summed E-state index contributed by atoms with van der Waals surface area (Å²) in [5.74, 6) is 5.08. The van der Waals surface area contributed by atoms with E-state index in [0.717, 1.165) is 22.5 Å². The van der Waals surface area contributed by atoms with E-state index >= 15 is 0 Å². The van der Waals surface area contributed by atoms with Gasteiger partial charge in [0.2, 0.25) is 0 Å². The number of pyridine rings is 1. The Hall–Kier alpha value is -1.94. The fraction of sp³-hybridized carbons (Fsp3) is 0.0833. The number of hydrogen-bond donors (Lipinski definition) is 2. The lowest BCUT2D eigenvalue weighted by atomic mass is 10.0. The largest absolute Gasteiger partial charge is 0.324 e. The lowest BCUT2D eigenvalue weighted by Gasteiger charge is -2.07. The van der Waals surface area contributed by atoms with Crippen molar-refractivity contribution in [3.8, 4) is 11.3 Å². The van der Waals surface area contributed by atoms with Crippen LogP contribution < -0.4 is 11.3 Å². The second-order valence-corrected chi connectivity index (χ2v) is 3.53. The van der Waals surface area contributed by atoms with Crippen LogP contribution in [-0.2, 0) is 0 Å². The summed E-state index contributed by atoms with van der Waals surface area (Å²) < 4.78 is 13.0. The number of anilines is 1. The van der Waals surface area contributed by atoms with E-state index < -0.39 is 0 Å². The van der Waals surface area contributed by atoms with E-state index in [4.69, 9.17) is 5.84 Å². The van der Waals surface area contributed by atoms with E-state index in [1.807, 2.05) is 13.0 Å². The van der Waals surface area contributed by atoms with Crippen molar-refractivity contribution < 1.29 is 4.39 Å². The molecule has 1 aromatic carbocycles. The highest BCUT2D eigenvalue weighted by molar-refractivity contribution is 5.66. The van der Waals surface area contributed by atoms with Crippen molar-refractivity contribution in [1.29, 1.82) is 0 Å². The zero-order chi connectivity index (χ0) is 11.5. The quantitative estimate of drug-likeness (QED) is 0.600. The van der Waals surface area contributed by atoms with Crippen molar-refractivity contribution in [2.24, 2.45) is 5.84 Å². The molecule has 1 heterocycles. The lowest BCUT2D eigenvalue weighted by molar-refractivity contribution is 0.627. The fourth-order valence-electron chi connectivity index (χ4n) is 1.58. The van der Waals surface area contributed by atoms with Gasteiger partial charge in [0, 0.05) is 11.8 Å². The summed E-state index contributed by atoms with van der Waals surface area (Å²) in [6.07, 6.45) is 1.66. The maximum Gasteiger partial charge on any atom is 0.123 e. The molecule has 3 N–H and O–H groups in total. The molecule has 0 spiro atoms. The highest BCUT2D eigenvalue weighted by Gasteiger charge is 2.04. The molecule has 2 rings (SSSR count). The highest BCUT2D eigenvalue weighted by Crippen LogP contribution is 2.23. The van der Waals surface area contributed by atoms with Gasteiger partial charge in [-0.05, 0) is 42.8 Å². The summed E-state index contributed by atoms with van der Waals surface area (Å²) in [7, 11) is 0. The number of nitrogens with zero attached hydrogens (tertiary/aromatic N) is 1. The Bertz CT molecular complexity index is 511. The summed E-state index contributed by atoms with van der Waals surface area (Å²) >= 11 is 0. The average Bonchev–Trinajstić information content (AvgIpc) is 2.29. The normalized spacial score (nSPS) is 10.2. The summed E-state index contributed by atoms with van der Waals surface area (Å²) in [4.78, 5) is 4.23. The van der Waals surface area contributed by atoms with Crippen molar-refractivity contribution in [2.45, 2.75) is 6.92 Å². The molecule has 4 heteroatoms. The van der Waals surface area contributed by atoms with Crippen molar-refractivity contribution >= 4 is 5.69 Å². The van der Waals surface area contributed by atoms with Gasteiger partial charge in [0.25, 0.3) is 0 Å². The molecule has 0 radical (unpaired) electrons. The third-order valence-electron chi connectivity index (χ3n) is 2.39. The molecule has 1 aromatic heterocycles. The molecule has 0 saturated heterocycles. The number of rotatable bonds is 2. The number of nitrogen functional groups attached to an aromatic ring is 1. The first-order chi connectivity index (χ1) is 7.70. The van der Waals surface area contributed by atoms with Crippen LogP contribution in [0.3, 0.4) is 0 Å². The van der Waals surface area contributed by atoms with E-state index in [2.05, 4.69) is 10.4 Å². The van der Waals surface area contributed by atoms with Crippen LogP contribution in [0.1, 0.15) is 5.56 Å². The maximum absolute atomic E-state index is 13.0. The van der Waals surface area contributed by atoms with Crippen LogP contribution in [0, 0.1) is 12.7 Å². The molecule has 0 bridgehead atoms. The Morgan fingerprint density at radius 2 is 2.06 bits per heavy atom. The van der Waals surface area contributed by atoms with E-state index in [9.17, 15) is 4.39 Å². The fourth-order valence-corrected chi connectivity index (χ4v) is 1.58. The number of aromatic nitrogens is 1. The lowest BCUT2D eigenvalue weighted by Crippen LogP contribution is -2.06. The van der Waals surface area contributed by atoms with Gasteiger partial charge < -0.3 is 5.43 Å². The van der Waals surface area contributed by atoms with E-state index in [1.165, 1.54) is 12.1 Å². The minimum absolute atomic E-state index is 0.241. The molecule has 0 aliphatic carbocycles. The van der Waals surface area contributed by atoms with Crippen molar-refractivity contribution in [3.63, 3.8) is 0 Å². The van der Waals surface area contributed by atoms with Crippen LogP contribution in [-0.4, -0.2) is 4.98 Å². The predicted octanol–water partition coefficient (Wildman–Crippen LogP) is 2.48. The molecule has 0 fully saturated rings. The van der Waals surface area contributed by atoms with Crippen molar-refractivity contribution in [3.05, 3.63) is 47.9 Å². The minimum atomic E-state index is -0.241. The Morgan fingerprint density at radius 1 is 1.25 bits per heavy atom. The number of halogens is 1. The Morgan fingerprint density at radius 3 is 2.75 bits per heavy atom. The molecule has 2 aromatic rings. The van der Waals surface area contributed by atoms with Gasteiger partial charge in [0.1, 0.15) is 5.82 Å². The molecule has 0 amide bonds. The SMILES string of the molecule is Cc1cc(F)ccc1-c1cc(NN)ccn1. The molecule has 0 aliphatic heterocycles. The molecule has 3 nitrogen and oxygen atoms in total. The van der Waals surface area contributed by atoms with Gasteiger partial charge in [-0.3, -0.25) is 10.8 Å². The third-order valence-corrected chi connectivity index (χ3v) is 2.39. The monoisotopic (exact) mass is 217 g/mol. The van der Waals surface area contributed by atoms with Gasteiger partial charge in [-0.25, -0.2) is 4.39 Å². The molecular weight excluding hydrogens is 205 g/mol. The zero-order valence-corrected chi connectivity index (χ0v) is 8.87. The van der Waals surface area contributed by atoms with Gasteiger partial charge in [-0.2, -0.15) is 0 Å². The topological polar surface area (TPSA) is 50.9 Å². The van der Waals surface area contributed by atoms with Gasteiger partial charge in [-0.1, -0.05) is 0 Å². The van der Waals surface area contributed by atoms with Crippen LogP contribution in [0.25, 0.3) is 11.3 Å². The van der Waals surface area contributed by atoms with Crippen LogP contribution in [0.2, 0.25) is 0 Å². The number of nitrogens with one attached hydrogen (secondary N) is 1. The third kappa shape index (κ3) is 2.01. The molecule has 0 atom stereocenters. The zero-order valence-electron chi connectivity index (χ0n) is 8.87. The first-order valence-corrected chi connectivity index (χ1v) is 4.90. The number of benzene rings is 1. The predicted molar refractivity (Wildman–Crippen MR) is 62.2 cm³/mol. The number of hydrogen-bond acceptors (Lipinski definition) is 3. The second kappa shape index (κ2) is 4.28. The number of nitrogens with two attached hydrogens (primary N) is 1. The van der Waals surface area contributed by atoms with Crippen LogP contribution in [0.5, 0.6) is 0 Å². The van der Waals surface area contributed by atoms with Gasteiger partial charge in [-0.15, -0.1) is 0 Å². The van der Waals surface area contributed by atoms with Crippen molar-refractivity contribution in [2.75, 3.05) is 5.43 Å². The highest BCUT2D eigenvalue weighted by atomic mass is 19.1. The molecule has 16 heavy (non-hydrogen) atoms. The Kier molecular flexibility index (Phi) is 2.83. The van der Waals surface area contributed by atoms with Crippen LogP contribution >= 0.6 is 0 Å². The molecule has 0 aliphatic rings. The van der Waals surface area contributed by atoms with E-state index in [1.54, 1.807) is 18.3 Å². The van der Waals surface area contributed by atoms with Crippen molar-refractivity contribution in [1.82, 2.24) is 4.98 Å². The maximum atomic E-state index is 13.0. The summed E-state index contributed by atoms with van der Waals surface area (Å²) in [5.41, 5.74) is 5.85. The van der Waals surface area contributed by atoms with Gasteiger partial charge in [0.15, 0.2) is 0 Å². The molecule has 0 unspecified atom stereocenters. The van der Waals surface area contributed by atoms with Gasteiger partial charge >= 0.3 is 0 Å². The van der Waals surface area contributed by atoms with E-state index in [0.29, 0.717) is 0 Å². The van der Waals surface area contributed by atoms with Gasteiger partial charge in [0.05, 0.1) is 11.4 Å². The van der Waals surface area contributed by atoms with Crippen LogP contribution in [0.4, 0.5) is 10.1 Å². The first-order valence-electron chi connectivity index (χ1n) is 4.90. The smallest absolute Gasteiger partial charge is 0.123 e. The van der Waals surface area contributed by atoms with Crippen LogP contribution in [0.15, 0.2) is 36.5 Å². The number of hydrazine groups is 1. The number of aryl methyl sites for hydroxylation is 1. The summed E-state index contributed by atoms with van der Waals surface area (Å²) in [5, 5.41) is 0. The minimum Gasteiger partial charge on any atom is -0.324 e. The standard InChI is InChI=1S/C12H12FN3/c1-8-6-9(13)2-3-11(8)12-7-10(16-14)4-5-15-12/h2-7H,14H2,1H3,(H,15,16). The van der Waals surface area contributed by atoms with E-state index in [-0.39, 0.29) is 5.82 Å². The summed E-state index contributed by atoms with van der Waals surface area (Å²) in [6.45, 7) is 1.85. The molecule has 0 saturated carbocycles. The Labute approximate surface area is 93.1 Å². The Balaban J connectivity index is 2.49. The average molecular weight is 217 g/mol. The first kappa shape index (κ1) is 10.6. The summed E-state index contributed by atoms with van der Waals surface area (Å²) in [6, 6.07) is 8.21.